The van der Waals surface area contributed by atoms with Crippen LogP contribution >= 0.6 is 0 Å². The summed E-state index contributed by atoms with van der Waals surface area (Å²) >= 11 is 0. The quantitative estimate of drug-likeness (QED) is 0.279. The second-order valence-electron chi connectivity index (χ2n) is 11.1. The molecule has 1 aromatic carbocycles. The van der Waals surface area contributed by atoms with E-state index in [4.69, 9.17) is 0 Å². The Kier molecular flexibility index (Phi) is 6.26. The van der Waals surface area contributed by atoms with Crippen LogP contribution in [0.4, 0.5) is 13.2 Å². The lowest BCUT2D eigenvalue weighted by atomic mass is 9.51. The lowest BCUT2D eigenvalue weighted by Crippen LogP contribution is -2.51. The number of benzene rings is 1. The number of fused-ring (bicyclic) bond motifs is 4. The van der Waals surface area contributed by atoms with E-state index in [1.165, 1.54) is 23.3 Å². The molecule has 0 bridgehead atoms. The third-order valence-electron chi connectivity index (χ3n) is 9.29. The first-order valence-corrected chi connectivity index (χ1v) is 14.1. The minimum absolute atomic E-state index is 0.124. The fraction of sp³-hybridized carbons (Fsp3) is 0.536. The van der Waals surface area contributed by atoms with Crippen molar-refractivity contribution in [3.63, 3.8) is 0 Å². The van der Waals surface area contributed by atoms with Gasteiger partial charge in [0.2, 0.25) is 0 Å². The molecule has 4 aliphatic rings. The van der Waals surface area contributed by atoms with Crippen molar-refractivity contribution in [2.45, 2.75) is 75.3 Å². The summed E-state index contributed by atoms with van der Waals surface area (Å²) in [5, 5.41) is 11.8. The van der Waals surface area contributed by atoms with E-state index in [-0.39, 0.29) is 23.5 Å². The molecule has 3 saturated carbocycles. The highest BCUT2D eigenvalue weighted by molar-refractivity contribution is 7.88. The number of alkyl halides is 3. The Bertz CT molecular complexity index is 1290. The van der Waals surface area contributed by atoms with Gasteiger partial charge < -0.3 is 9.29 Å². The van der Waals surface area contributed by atoms with E-state index < -0.39 is 32.4 Å². The van der Waals surface area contributed by atoms with Crippen molar-refractivity contribution < 1.29 is 35.7 Å². The number of carbonyl (C=O) groups excluding carboxylic acids is 1. The van der Waals surface area contributed by atoms with E-state index in [9.17, 15) is 31.5 Å². The number of aliphatic hydroxyl groups is 1. The van der Waals surface area contributed by atoms with E-state index in [2.05, 4.69) is 23.8 Å². The summed E-state index contributed by atoms with van der Waals surface area (Å²) in [6, 6.07) is 5.74. The average Bonchev–Trinajstić information content (AvgIpc) is 3.08. The van der Waals surface area contributed by atoms with Crippen molar-refractivity contribution in [2.24, 2.45) is 17.3 Å². The zero-order chi connectivity index (χ0) is 26.8. The van der Waals surface area contributed by atoms with Crippen molar-refractivity contribution in [3.05, 3.63) is 65.3 Å². The molecular formula is C28H31F3O5S. The van der Waals surface area contributed by atoms with E-state index in [0.29, 0.717) is 38.5 Å². The number of halogens is 3. The lowest BCUT2D eigenvalue weighted by molar-refractivity contribution is -0.118. The summed E-state index contributed by atoms with van der Waals surface area (Å²) in [5.41, 5.74) is -2.45. The first-order valence-electron chi connectivity index (χ1n) is 12.7. The van der Waals surface area contributed by atoms with Gasteiger partial charge in [0.25, 0.3) is 0 Å². The van der Waals surface area contributed by atoms with Gasteiger partial charge in [-0.15, -0.1) is 6.58 Å². The molecule has 5 atom stereocenters. The van der Waals surface area contributed by atoms with Gasteiger partial charge in [0, 0.05) is 24.2 Å². The first-order chi connectivity index (χ1) is 17.3. The number of ketones is 1. The highest BCUT2D eigenvalue weighted by Crippen LogP contribution is 2.67. The Morgan fingerprint density at radius 2 is 1.92 bits per heavy atom. The van der Waals surface area contributed by atoms with Gasteiger partial charge in [0.15, 0.2) is 0 Å². The summed E-state index contributed by atoms with van der Waals surface area (Å²) < 4.78 is 65.6. The van der Waals surface area contributed by atoms with Crippen LogP contribution in [0.25, 0.3) is 0 Å². The second-order valence-corrected chi connectivity index (χ2v) is 12.7. The Hall–Kier alpha value is -2.39. The van der Waals surface area contributed by atoms with Gasteiger partial charge in [-0.25, -0.2) is 0 Å². The maximum atomic E-state index is 12.8. The van der Waals surface area contributed by atoms with Crippen LogP contribution in [0.5, 0.6) is 5.75 Å². The van der Waals surface area contributed by atoms with Gasteiger partial charge in [0.05, 0.1) is 5.60 Å². The van der Waals surface area contributed by atoms with Gasteiger partial charge in [-0.2, -0.15) is 21.6 Å². The van der Waals surface area contributed by atoms with Crippen LogP contribution in [-0.2, 0) is 14.9 Å². The fourth-order valence-electron chi connectivity index (χ4n) is 7.49. The van der Waals surface area contributed by atoms with Gasteiger partial charge in [-0.3, -0.25) is 4.79 Å². The summed E-state index contributed by atoms with van der Waals surface area (Å²) in [6.07, 6.45) is 8.97. The summed E-state index contributed by atoms with van der Waals surface area (Å²) in [7, 11) is -5.76. The maximum absolute atomic E-state index is 12.8. The number of hydrogen-bond donors (Lipinski definition) is 1. The summed E-state index contributed by atoms with van der Waals surface area (Å²) in [5.74, 6) is 0.134. The fourth-order valence-corrected chi connectivity index (χ4v) is 7.95. The number of carbonyl (C=O) groups is 1. The maximum Gasteiger partial charge on any atom is 0.534 e. The van der Waals surface area contributed by atoms with Crippen LogP contribution in [0.1, 0.15) is 69.8 Å². The van der Waals surface area contributed by atoms with Crippen molar-refractivity contribution in [1.82, 2.24) is 0 Å². The normalized spacial score (nSPS) is 33.8. The molecule has 5 nitrogen and oxygen atoms in total. The molecule has 0 aliphatic heterocycles. The molecule has 0 aromatic heterocycles. The van der Waals surface area contributed by atoms with Crippen molar-refractivity contribution in [2.75, 3.05) is 0 Å². The minimum atomic E-state index is -5.76. The summed E-state index contributed by atoms with van der Waals surface area (Å²) in [6.45, 7) is 6.00. The molecule has 0 saturated heterocycles. The Balaban J connectivity index is 1.57. The van der Waals surface area contributed by atoms with E-state index >= 15 is 0 Å². The number of Topliss-reactive ketones (excluding diaryl/α,β-unsaturated/α-hetero) is 1. The molecule has 5 rings (SSSR count). The van der Waals surface area contributed by atoms with Crippen LogP contribution < -0.4 is 4.18 Å². The molecule has 4 aliphatic carbocycles. The summed E-state index contributed by atoms with van der Waals surface area (Å²) in [4.78, 5) is 12.2. The van der Waals surface area contributed by atoms with Gasteiger partial charge in [-0.1, -0.05) is 36.8 Å². The lowest BCUT2D eigenvalue weighted by Gasteiger charge is -2.54. The highest BCUT2D eigenvalue weighted by atomic mass is 32.2. The van der Waals surface area contributed by atoms with Gasteiger partial charge in [-0.05, 0) is 79.2 Å². The minimum Gasteiger partial charge on any atom is -0.389 e. The molecule has 1 N–H and O–H groups in total. The molecule has 9 heteroatoms. The number of rotatable bonds is 5. The van der Waals surface area contributed by atoms with E-state index in [1.807, 2.05) is 0 Å². The van der Waals surface area contributed by atoms with Crippen LogP contribution in [0.3, 0.4) is 0 Å². The third kappa shape index (κ3) is 4.18. The highest BCUT2D eigenvalue weighted by Gasteiger charge is 2.62. The molecule has 0 radical (unpaired) electrons. The molecule has 3 fully saturated rings. The largest absolute Gasteiger partial charge is 0.534 e. The van der Waals surface area contributed by atoms with Crippen LogP contribution in [0.2, 0.25) is 0 Å². The molecule has 1 aromatic rings. The Labute approximate surface area is 215 Å². The van der Waals surface area contributed by atoms with Crippen LogP contribution in [-0.4, -0.2) is 30.4 Å². The Morgan fingerprint density at radius 3 is 2.57 bits per heavy atom. The smallest absolute Gasteiger partial charge is 0.389 e. The third-order valence-corrected chi connectivity index (χ3v) is 10.3. The average molecular weight is 537 g/mol. The van der Waals surface area contributed by atoms with Crippen LogP contribution in [0.15, 0.2) is 59.7 Å². The topological polar surface area (TPSA) is 80.7 Å². The molecule has 200 valence electrons. The molecular weight excluding hydrogens is 505 g/mol. The molecule has 0 amide bonds. The molecule has 0 spiro atoms. The molecule has 37 heavy (non-hydrogen) atoms. The molecule has 0 heterocycles. The standard InChI is InChI=1S/C28H31F3O5S/c1-3-13-27(33)14-12-24-22-10-6-18-15-19(32)7-11-21(18)25(22)23(16-26(24,27)2)17-4-8-20(9-5-17)36-37(34,35)28(29,30)31/h3-6,8-9,22-24,33H,1,7,10-16H2,2H3/t22-,23+,24-,26-,27-/m0/s1. The van der Waals surface area contributed by atoms with E-state index in [1.54, 1.807) is 18.2 Å². The van der Waals surface area contributed by atoms with Gasteiger partial charge >= 0.3 is 15.6 Å². The van der Waals surface area contributed by atoms with Crippen molar-refractivity contribution in [1.29, 1.82) is 0 Å². The zero-order valence-corrected chi connectivity index (χ0v) is 21.5. The first kappa shape index (κ1) is 26.2. The predicted octanol–water partition coefficient (Wildman–Crippen LogP) is 6.12. The van der Waals surface area contributed by atoms with E-state index in [0.717, 1.165) is 24.0 Å². The number of allylic oxidation sites excluding steroid dienone is 4. The van der Waals surface area contributed by atoms with Crippen molar-refractivity contribution in [3.8, 4) is 5.75 Å². The van der Waals surface area contributed by atoms with Crippen LogP contribution in [0, 0.1) is 17.3 Å². The molecule has 0 unspecified atom stereocenters. The SMILES string of the molecule is C=CC[C@]1(O)CC[C@H]2[C@@H]3CC=C4CC(=O)CCC4=C3[C@@H](c3ccc(OS(=O)(=O)C(F)(F)F)cc3)C[C@@]21C. The number of hydrogen-bond acceptors (Lipinski definition) is 5. The monoisotopic (exact) mass is 536 g/mol. The predicted molar refractivity (Wildman–Crippen MR) is 132 cm³/mol. The second kappa shape index (κ2) is 8.83. The van der Waals surface area contributed by atoms with Crippen molar-refractivity contribution >= 4 is 15.9 Å². The Morgan fingerprint density at radius 1 is 1.22 bits per heavy atom. The zero-order valence-electron chi connectivity index (χ0n) is 20.7. The van der Waals surface area contributed by atoms with Gasteiger partial charge in [0.1, 0.15) is 11.5 Å².